The lowest BCUT2D eigenvalue weighted by atomic mass is 10.1. The zero-order valence-corrected chi connectivity index (χ0v) is 31.1. The first-order valence-corrected chi connectivity index (χ1v) is 19.3. The van der Waals surface area contributed by atoms with E-state index in [2.05, 4.69) is 79.9 Å². The molecule has 47 heavy (non-hydrogen) atoms. The molecule has 3 unspecified atom stereocenters. The SMILES string of the molecule is CC/C=C\C/C=C\C/C=C\CCCCCC(=O)NC(COP(=O)(O)OCC[N+](C)(C)C)C(O)/C=C/CC/C=C/CC/C=C/CCCC. The molecule has 8 nitrogen and oxygen atoms in total. The van der Waals surface area contributed by atoms with Crippen LogP contribution in [0.5, 0.6) is 0 Å². The van der Waals surface area contributed by atoms with Gasteiger partial charge in [-0.3, -0.25) is 13.8 Å². The van der Waals surface area contributed by atoms with Crippen molar-refractivity contribution in [1.82, 2.24) is 5.32 Å². The summed E-state index contributed by atoms with van der Waals surface area (Å²) in [5.41, 5.74) is 0. The van der Waals surface area contributed by atoms with Gasteiger partial charge < -0.3 is 19.8 Å². The molecule has 0 saturated carbocycles. The Hall–Kier alpha value is -2.06. The number of unbranched alkanes of at least 4 members (excludes halogenated alkanes) is 7. The fraction of sp³-hybridized carbons (Fsp3) is 0.658. The van der Waals surface area contributed by atoms with Crippen molar-refractivity contribution in [1.29, 1.82) is 0 Å². The minimum absolute atomic E-state index is 0.0436. The average Bonchev–Trinajstić information content (AvgIpc) is 3.01. The Morgan fingerprint density at radius 1 is 0.745 bits per heavy atom. The molecule has 9 heteroatoms. The lowest BCUT2D eigenvalue weighted by Gasteiger charge is -2.25. The van der Waals surface area contributed by atoms with Crippen LogP contribution >= 0.6 is 7.82 Å². The normalized spacial score (nSPS) is 15.6. The maximum absolute atomic E-state index is 12.7. The van der Waals surface area contributed by atoms with Crippen molar-refractivity contribution in [3.63, 3.8) is 0 Å². The number of amides is 1. The van der Waals surface area contributed by atoms with Gasteiger partial charge in [0, 0.05) is 6.42 Å². The molecule has 0 aromatic rings. The van der Waals surface area contributed by atoms with Crippen molar-refractivity contribution in [2.75, 3.05) is 40.9 Å². The number of carbonyl (C=O) groups is 1. The Kier molecular flexibility index (Phi) is 28.7. The van der Waals surface area contributed by atoms with Gasteiger partial charge in [-0.2, -0.15) is 0 Å². The first-order valence-electron chi connectivity index (χ1n) is 17.8. The summed E-state index contributed by atoms with van der Waals surface area (Å²) in [7, 11) is 1.51. The molecule has 0 bridgehead atoms. The second-order valence-electron chi connectivity index (χ2n) is 12.8. The molecular formula is C38H68N2O6P+. The lowest BCUT2D eigenvalue weighted by Crippen LogP contribution is -2.45. The zero-order chi connectivity index (χ0) is 35.1. The van der Waals surface area contributed by atoms with Crippen molar-refractivity contribution in [2.24, 2.45) is 0 Å². The summed E-state index contributed by atoms with van der Waals surface area (Å²) in [4.78, 5) is 22.9. The summed E-state index contributed by atoms with van der Waals surface area (Å²) >= 11 is 0. The minimum atomic E-state index is -4.35. The van der Waals surface area contributed by atoms with E-state index < -0.39 is 20.0 Å². The topological polar surface area (TPSA) is 105 Å². The van der Waals surface area contributed by atoms with Gasteiger partial charge in [0.25, 0.3) is 0 Å². The van der Waals surface area contributed by atoms with E-state index in [-0.39, 0.29) is 19.1 Å². The second kappa shape index (κ2) is 30.0. The molecule has 270 valence electrons. The molecule has 3 atom stereocenters. The van der Waals surface area contributed by atoms with E-state index in [1.807, 2.05) is 27.2 Å². The number of likely N-dealkylation sites (N-methyl/N-ethyl adjacent to an activating group) is 1. The van der Waals surface area contributed by atoms with Crippen LogP contribution in [0, 0.1) is 0 Å². The number of nitrogens with one attached hydrogen (secondary N) is 1. The summed E-state index contributed by atoms with van der Waals surface area (Å²) in [6.07, 6.45) is 38.3. The number of allylic oxidation sites excluding steroid dienone is 11. The van der Waals surface area contributed by atoms with E-state index in [4.69, 9.17) is 9.05 Å². The largest absolute Gasteiger partial charge is 0.472 e. The van der Waals surface area contributed by atoms with Gasteiger partial charge in [0.05, 0.1) is 39.9 Å². The molecule has 0 saturated heterocycles. The molecule has 0 aromatic carbocycles. The van der Waals surface area contributed by atoms with Crippen molar-refractivity contribution in [3.05, 3.63) is 72.9 Å². The number of phosphoric acid groups is 1. The number of carbonyl (C=O) groups excluding carboxylic acids is 1. The molecule has 1 amide bonds. The van der Waals surface area contributed by atoms with Crippen LogP contribution in [0.25, 0.3) is 0 Å². The molecule has 0 aromatic heterocycles. The predicted molar refractivity (Wildman–Crippen MR) is 198 cm³/mol. The number of phosphoric ester groups is 1. The molecule has 3 N–H and O–H groups in total. The van der Waals surface area contributed by atoms with Crippen LogP contribution in [0.15, 0.2) is 72.9 Å². The zero-order valence-electron chi connectivity index (χ0n) is 30.2. The first kappa shape index (κ1) is 44.9. The van der Waals surface area contributed by atoms with Crippen LogP contribution in [-0.4, -0.2) is 73.4 Å². The van der Waals surface area contributed by atoms with Crippen molar-refractivity contribution < 1.29 is 32.9 Å². The third-order valence-electron chi connectivity index (χ3n) is 7.14. The number of aliphatic hydroxyl groups excluding tert-OH is 1. The van der Waals surface area contributed by atoms with Crippen LogP contribution in [-0.2, 0) is 18.4 Å². The monoisotopic (exact) mass is 679 g/mol. The summed E-state index contributed by atoms with van der Waals surface area (Å²) < 4.78 is 23.3. The van der Waals surface area contributed by atoms with Crippen molar-refractivity contribution >= 4 is 13.7 Å². The van der Waals surface area contributed by atoms with Crippen molar-refractivity contribution in [3.8, 4) is 0 Å². The first-order chi connectivity index (χ1) is 22.5. The standard InChI is InChI=1S/C38H67N2O6P/c1-6-8-10-12-14-16-18-20-22-24-26-28-30-32-38(42)39-36(35-46-47(43,44)45-34-33-40(3,4)5)37(41)31-29-27-25-23-21-19-17-15-13-11-9-7-2/h8,10,13-16,20-23,29,31,36-37,41H,6-7,9,11-12,17-19,24-28,30,32-35H2,1-5H3,(H-,39,42,43,44)/p+1/b10-8-,15-13+,16-14-,22-20-,23-21+,31-29+. The number of nitrogens with zero attached hydrogens (tertiary/aromatic N) is 1. The lowest BCUT2D eigenvalue weighted by molar-refractivity contribution is -0.870. The number of hydrogen-bond donors (Lipinski definition) is 3. The maximum atomic E-state index is 12.7. The van der Waals surface area contributed by atoms with E-state index in [9.17, 15) is 19.4 Å². The van der Waals surface area contributed by atoms with Crippen LogP contribution in [0.2, 0.25) is 0 Å². The molecule has 0 spiro atoms. The van der Waals surface area contributed by atoms with E-state index >= 15 is 0 Å². The fourth-order valence-corrected chi connectivity index (χ4v) is 4.98. The quantitative estimate of drug-likeness (QED) is 0.0303. The van der Waals surface area contributed by atoms with E-state index in [0.717, 1.165) is 77.0 Å². The van der Waals surface area contributed by atoms with Gasteiger partial charge in [0.15, 0.2) is 0 Å². The average molecular weight is 680 g/mol. The Morgan fingerprint density at radius 2 is 1.30 bits per heavy atom. The summed E-state index contributed by atoms with van der Waals surface area (Å²) in [6, 6.07) is -0.885. The third kappa shape index (κ3) is 32.3. The molecule has 0 aliphatic carbocycles. The van der Waals surface area contributed by atoms with Gasteiger partial charge in [0.1, 0.15) is 13.2 Å². The summed E-state index contributed by atoms with van der Waals surface area (Å²) in [6.45, 7) is 4.54. The summed E-state index contributed by atoms with van der Waals surface area (Å²) in [5.74, 6) is -0.228. The van der Waals surface area contributed by atoms with Gasteiger partial charge >= 0.3 is 7.82 Å². The maximum Gasteiger partial charge on any atom is 0.472 e. The van der Waals surface area contributed by atoms with Gasteiger partial charge in [-0.25, -0.2) is 4.57 Å². The number of quaternary nitrogens is 1. The molecular weight excluding hydrogens is 611 g/mol. The van der Waals surface area contributed by atoms with Gasteiger partial charge in [-0.1, -0.05) is 106 Å². The van der Waals surface area contributed by atoms with Gasteiger partial charge in [-0.05, 0) is 70.6 Å². The highest BCUT2D eigenvalue weighted by molar-refractivity contribution is 7.47. The van der Waals surface area contributed by atoms with Gasteiger partial charge in [0.2, 0.25) is 5.91 Å². The molecule has 0 radical (unpaired) electrons. The molecule has 0 aliphatic heterocycles. The number of rotatable bonds is 30. The molecule has 0 fully saturated rings. The van der Waals surface area contributed by atoms with Crippen LogP contribution in [0.4, 0.5) is 0 Å². The van der Waals surface area contributed by atoms with Crippen LogP contribution in [0.3, 0.4) is 0 Å². The minimum Gasteiger partial charge on any atom is -0.387 e. The Morgan fingerprint density at radius 3 is 1.91 bits per heavy atom. The van der Waals surface area contributed by atoms with Crippen molar-refractivity contribution in [2.45, 2.75) is 122 Å². The molecule has 0 rings (SSSR count). The molecule has 0 aliphatic rings. The second-order valence-corrected chi connectivity index (χ2v) is 14.3. The highest BCUT2D eigenvalue weighted by atomic mass is 31.2. The van der Waals surface area contributed by atoms with Crippen LogP contribution in [0.1, 0.15) is 110 Å². The number of aliphatic hydroxyl groups is 1. The predicted octanol–water partition coefficient (Wildman–Crippen LogP) is 8.90. The smallest absolute Gasteiger partial charge is 0.387 e. The van der Waals surface area contributed by atoms with E-state index in [0.29, 0.717) is 17.4 Å². The number of hydrogen-bond acceptors (Lipinski definition) is 5. The molecule has 0 heterocycles. The third-order valence-corrected chi connectivity index (χ3v) is 8.12. The van der Waals surface area contributed by atoms with E-state index in [1.54, 1.807) is 6.08 Å². The fourth-order valence-electron chi connectivity index (χ4n) is 4.25. The Labute approximate surface area is 287 Å². The summed E-state index contributed by atoms with van der Waals surface area (Å²) in [5, 5.41) is 13.6. The van der Waals surface area contributed by atoms with E-state index in [1.165, 1.54) is 12.8 Å². The highest BCUT2D eigenvalue weighted by Gasteiger charge is 2.27. The highest BCUT2D eigenvalue weighted by Crippen LogP contribution is 2.43. The van der Waals surface area contributed by atoms with Crippen LogP contribution < -0.4 is 5.32 Å². The Bertz CT molecular complexity index is 997. The van der Waals surface area contributed by atoms with Gasteiger partial charge in [-0.15, -0.1) is 0 Å². The Balaban J connectivity index is 4.74.